The van der Waals surface area contributed by atoms with E-state index in [0.29, 0.717) is 0 Å². The van der Waals surface area contributed by atoms with Crippen LogP contribution in [0.2, 0.25) is 0 Å². The van der Waals surface area contributed by atoms with Crippen molar-refractivity contribution >= 4 is 0 Å². The van der Waals surface area contributed by atoms with Gasteiger partial charge in [-0.15, -0.1) is 0 Å². The molecule has 1 aromatic carbocycles. The van der Waals surface area contributed by atoms with Crippen LogP contribution in [0.1, 0.15) is 5.56 Å². The van der Waals surface area contributed by atoms with Gasteiger partial charge in [-0.25, -0.2) is 9.97 Å². The van der Waals surface area contributed by atoms with Crippen LogP contribution in [-0.2, 0) is 6.61 Å². The van der Waals surface area contributed by atoms with Gasteiger partial charge in [0.25, 0.3) is 0 Å². The van der Waals surface area contributed by atoms with Gasteiger partial charge in [-0.1, -0.05) is 24.3 Å². The molecule has 2 aromatic rings. The molecule has 0 atom stereocenters. The van der Waals surface area contributed by atoms with Crippen molar-refractivity contribution in [2.24, 2.45) is 0 Å². The van der Waals surface area contributed by atoms with Crippen LogP contribution in [0.15, 0.2) is 43.0 Å². The Bertz CT molecular complexity index is 415. The third-order valence-electron chi connectivity index (χ3n) is 2.06. The molecule has 0 amide bonds. The van der Waals surface area contributed by atoms with Crippen LogP contribution < -0.4 is 0 Å². The molecule has 0 fully saturated rings. The van der Waals surface area contributed by atoms with E-state index in [-0.39, 0.29) is 6.61 Å². The molecule has 3 nitrogen and oxygen atoms in total. The SMILES string of the molecule is OCc1ccccc1-c1cncnc1. The summed E-state index contributed by atoms with van der Waals surface area (Å²) < 4.78 is 0. The van der Waals surface area contributed by atoms with E-state index < -0.39 is 0 Å². The van der Waals surface area contributed by atoms with Gasteiger partial charge in [0.2, 0.25) is 0 Å². The van der Waals surface area contributed by atoms with Gasteiger partial charge < -0.3 is 5.11 Å². The van der Waals surface area contributed by atoms with Crippen molar-refractivity contribution in [2.45, 2.75) is 6.61 Å². The number of aliphatic hydroxyl groups excluding tert-OH is 1. The Balaban J connectivity index is 2.51. The van der Waals surface area contributed by atoms with Crippen molar-refractivity contribution in [3.05, 3.63) is 48.5 Å². The standard InChI is InChI=1S/C11H10N2O/c14-7-9-3-1-2-4-11(9)10-5-12-8-13-6-10/h1-6,8,14H,7H2. The number of rotatable bonds is 2. The van der Waals surface area contributed by atoms with E-state index in [2.05, 4.69) is 9.97 Å². The first-order chi connectivity index (χ1) is 6.92. The molecule has 2 rings (SSSR count). The first-order valence-electron chi connectivity index (χ1n) is 4.36. The van der Waals surface area contributed by atoms with Gasteiger partial charge in [0.15, 0.2) is 0 Å². The summed E-state index contributed by atoms with van der Waals surface area (Å²) in [7, 11) is 0. The summed E-state index contributed by atoms with van der Waals surface area (Å²) in [5.74, 6) is 0. The Morgan fingerprint density at radius 3 is 2.50 bits per heavy atom. The Labute approximate surface area is 82.1 Å². The van der Waals surface area contributed by atoms with Gasteiger partial charge in [-0.05, 0) is 11.1 Å². The van der Waals surface area contributed by atoms with Gasteiger partial charge >= 0.3 is 0 Å². The average molecular weight is 186 g/mol. The number of hydrogen-bond acceptors (Lipinski definition) is 3. The smallest absolute Gasteiger partial charge is 0.115 e. The van der Waals surface area contributed by atoms with Crippen LogP contribution in [0.3, 0.4) is 0 Å². The van der Waals surface area contributed by atoms with Crippen molar-refractivity contribution in [1.82, 2.24) is 9.97 Å². The first kappa shape index (κ1) is 8.84. The van der Waals surface area contributed by atoms with Gasteiger partial charge in [0.1, 0.15) is 6.33 Å². The van der Waals surface area contributed by atoms with E-state index in [0.717, 1.165) is 16.7 Å². The quantitative estimate of drug-likeness (QED) is 0.775. The number of benzene rings is 1. The van der Waals surface area contributed by atoms with Crippen LogP contribution >= 0.6 is 0 Å². The van der Waals surface area contributed by atoms with Gasteiger partial charge in [0.05, 0.1) is 6.61 Å². The molecule has 0 aliphatic rings. The summed E-state index contributed by atoms with van der Waals surface area (Å²) in [6, 6.07) is 7.67. The maximum Gasteiger partial charge on any atom is 0.115 e. The molecule has 3 heteroatoms. The van der Waals surface area contributed by atoms with Gasteiger partial charge in [-0.2, -0.15) is 0 Å². The number of aromatic nitrogens is 2. The first-order valence-corrected chi connectivity index (χ1v) is 4.36. The largest absolute Gasteiger partial charge is 0.392 e. The Morgan fingerprint density at radius 2 is 1.79 bits per heavy atom. The lowest BCUT2D eigenvalue weighted by Crippen LogP contribution is -1.89. The van der Waals surface area contributed by atoms with Crippen LogP contribution in [-0.4, -0.2) is 15.1 Å². The van der Waals surface area contributed by atoms with Crippen LogP contribution in [0.25, 0.3) is 11.1 Å². The predicted octanol–water partition coefficient (Wildman–Crippen LogP) is 1.64. The fourth-order valence-electron chi connectivity index (χ4n) is 1.38. The predicted molar refractivity (Wildman–Crippen MR) is 53.4 cm³/mol. The lowest BCUT2D eigenvalue weighted by Gasteiger charge is -2.05. The Hall–Kier alpha value is -1.74. The zero-order valence-electron chi connectivity index (χ0n) is 7.59. The summed E-state index contributed by atoms with van der Waals surface area (Å²) in [5, 5.41) is 9.14. The van der Waals surface area contributed by atoms with E-state index in [4.69, 9.17) is 5.11 Å². The van der Waals surface area contributed by atoms with Crippen molar-refractivity contribution in [3.8, 4) is 11.1 Å². The second kappa shape index (κ2) is 3.98. The summed E-state index contributed by atoms with van der Waals surface area (Å²) in [6.07, 6.45) is 4.97. The number of hydrogen-bond donors (Lipinski definition) is 1. The minimum absolute atomic E-state index is 0.0328. The highest BCUT2D eigenvalue weighted by Crippen LogP contribution is 2.21. The van der Waals surface area contributed by atoms with E-state index in [1.54, 1.807) is 12.4 Å². The minimum Gasteiger partial charge on any atom is -0.392 e. The second-order valence-corrected chi connectivity index (χ2v) is 2.94. The lowest BCUT2D eigenvalue weighted by atomic mass is 10.0. The monoisotopic (exact) mass is 186 g/mol. The third-order valence-corrected chi connectivity index (χ3v) is 2.06. The third kappa shape index (κ3) is 1.63. The zero-order valence-corrected chi connectivity index (χ0v) is 7.59. The van der Waals surface area contributed by atoms with Crippen molar-refractivity contribution < 1.29 is 5.11 Å². The van der Waals surface area contributed by atoms with Crippen LogP contribution in [0.5, 0.6) is 0 Å². The van der Waals surface area contributed by atoms with Crippen molar-refractivity contribution in [3.63, 3.8) is 0 Å². The average Bonchev–Trinajstić information content (AvgIpc) is 2.30. The lowest BCUT2D eigenvalue weighted by molar-refractivity contribution is 0.282. The molecule has 0 aliphatic heterocycles. The maximum atomic E-state index is 9.14. The highest BCUT2D eigenvalue weighted by molar-refractivity contribution is 5.65. The van der Waals surface area contributed by atoms with E-state index >= 15 is 0 Å². The molecule has 0 bridgehead atoms. The normalized spacial score (nSPS) is 10.1. The Kier molecular flexibility index (Phi) is 2.51. The van der Waals surface area contributed by atoms with Crippen LogP contribution in [0, 0.1) is 0 Å². The number of nitrogens with zero attached hydrogens (tertiary/aromatic N) is 2. The van der Waals surface area contributed by atoms with Crippen LogP contribution in [0.4, 0.5) is 0 Å². The molecule has 0 unspecified atom stereocenters. The molecule has 1 heterocycles. The molecule has 70 valence electrons. The second-order valence-electron chi connectivity index (χ2n) is 2.94. The summed E-state index contributed by atoms with van der Waals surface area (Å²) in [6.45, 7) is 0.0328. The topological polar surface area (TPSA) is 46.0 Å². The summed E-state index contributed by atoms with van der Waals surface area (Å²) in [4.78, 5) is 7.89. The van der Waals surface area contributed by atoms with Crippen molar-refractivity contribution in [1.29, 1.82) is 0 Å². The summed E-state index contributed by atoms with van der Waals surface area (Å²) >= 11 is 0. The molecule has 0 saturated carbocycles. The highest BCUT2D eigenvalue weighted by atomic mass is 16.3. The van der Waals surface area contributed by atoms with Gasteiger partial charge in [-0.3, -0.25) is 0 Å². The van der Waals surface area contributed by atoms with E-state index in [1.165, 1.54) is 6.33 Å². The molecule has 1 aromatic heterocycles. The molecule has 0 saturated heterocycles. The fourth-order valence-corrected chi connectivity index (χ4v) is 1.38. The van der Waals surface area contributed by atoms with E-state index in [9.17, 15) is 0 Å². The van der Waals surface area contributed by atoms with Crippen molar-refractivity contribution in [2.75, 3.05) is 0 Å². The van der Waals surface area contributed by atoms with E-state index in [1.807, 2.05) is 24.3 Å². The molecule has 0 aliphatic carbocycles. The molecular weight excluding hydrogens is 176 g/mol. The van der Waals surface area contributed by atoms with Gasteiger partial charge in [0, 0.05) is 18.0 Å². The molecular formula is C11H10N2O. The Morgan fingerprint density at radius 1 is 1.07 bits per heavy atom. The minimum atomic E-state index is 0.0328. The molecule has 1 N–H and O–H groups in total. The molecule has 0 radical (unpaired) electrons. The number of aliphatic hydroxyl groups is 1. The highest BCUT2D eigenvalue weighted by Gasteiger charge is 2.02. The zero-order chi connectivity index (χ0) is 9.80. The fraction of sp³-hybridized carbons (Fsp3) is 0.0909. The summed E-state index contributed by atoms with van der Waals surface area (Å²) in [5.41, 5.74) is 2.80. The maximum absolute atomic E-state index is 9.14. The molecule has 14 heavy (non-hydrogen) atoms. The molecule has 0 spiro atoms.